The summed E-state index contributed by atoms with van der Waals surface area (Å²) in [6.45, 7) is 15.8. The Morgan fingerprint density at radius 2 is 1.32 bits per heavy atom. The fraction of sp³-hybridized carbons (Fsp3) is 0.679. The van der Waals surface area contributed by atoms with Crippen LogP contribution < -0.4 is 5.32 Å². The first-order chi connectivity index (χ1) is 16.9. The van der Waals surface area contributed by atoms with Crippen LogP contribution >= 0.6 is 0 Å². The van der Waals surface area contributed by atoms with E-state index in [4.69, 9.17) is 18.9 Å². The summed E-state index contributed by atoms with van der Waals surface area (Å²) in [5.41, 5.74) is -1.48. The number of rotatable bonds is 11. The number of aliphatic hydroxyl groups excluding tert-OH is 1. The van der Waals surface area contributed by atoms with E-state index in [-0.39, 0.29) is 19.4 Å². The van der Waals surface area contributed by atoms with Crippen LogP contribution in [-0.2, 0) is 35.1 Å². The zero-order valence-corrected chi connectivity index (χ0v) is 23.8. The number of amides is 1. The second-order valence-corrected chi connectivity index (χ2v) is 12.0. The van der Waals surface area contributed by atoms with Gasteiger partial charge in [-0.05, 0) is 80.7 Å². The lowest BCUT2D eigenvalue weighted by atomic mass is 9.92. The highest BCUT2D eigenvalue weighted by atomic mass is 16.6. The van der Waals surface area contributed by atoms with E-state index in [1.165, 1.54) is 0 Å². The van der Waals surface area contributed by atoms with Crippen molar-refractivity contribution in [1.82, 2.24) is 5.32 Å². The molecule has 0 saturated heterocycles. The van der Waals surface area contributed by atoms with E-state index in [9.17, 15) is 19.5 Å². The standard InChI is InChI=1S/C28H45NO8/c1-26(2,3)35-23(31)20(22(30)15-16-34-18-19-13-11-10-12-14-19)17-21(24(32)36-27(4,5)6)29-25(33)37-28(7,8)9/h10-14,20-22,30H,15-18H2,1-9H3,(H,29,33)/t20?,21-,22?/m0/s1. The molecule has 0 radical (unpaired) electrons. The van der Waals surface area contributed by atoms with Gasteiger partial charge >= 0.3 is 18.0 Å². The van der Waals surface area contributed by atoms with Crippen molar-refractivity contribution in [2.75, 3.05) is 6.61 Å². The topological polar surface area (TPSA) is 120 Å². The summed E-state index contributed by atoms with van der Waals surface area (Å²) in [5.74, 6) is -2.57. The SMILES string of the molecule is CC(C)(C)OC(=O)N[C@@H](CC(C(=O)OC(C)(C)C)C(O)CCOCc1ccccc1)C(=O)OC(C)(C)C. The van der Waals surface area contributed by atoms with Gasteiger partial charge in [-0.3, -0.25) is 4.79 Å². The lowest BCUT2D eigenvalue weighted by Gasteiger charge is -2.31. The summed E-state index contributed by atoms with van der Waals surface area (Å²) >= 11 is 0. The van der Waals surface area contributed by atoms with Crippen LogP contribution in [0.15, 0.2) is 30.3 Å². The molecule has 0 aromatic heterocycles. The lowest BCUT2D eigenvalue weighted by Crippen LogP contribution is -2.49. The molecule has 0 aliphatic rings. The molecule has 9 heteroatoms. The van der Waals surface area contributed by atoms with Crippen LogP contribution in [0.5, 0.6) is 0 Å². The smallest absolute Gasteiger partial charge is 0.408 e. The number of aliphatic hydroxyl groups is 1. The van der Waals surface area contributed by atoms with E-state index in [1.54, 1.807) is 62.3 Å². The molecule has 3 atom stereocenters. The zero-order valence-electron chi connectivity index (χ0n) is 23.8. The predicted octanol–water partition coefficient (Wildman–Crippen LogP) is 4.54. The monoisotopic (exact) mass is 523 g/mol. The molecule has 9 nitrogen and oxygen atoms in total. The molecule has 0 spiro atoms. The number of ether oxygens (including phenoxy) is 4. The Morgan fingerprint density at radius 3 is 1.84 bits per heavy atom. The molecule has 1 aromatic rings. The van der Waals surface area contributed by atoms with Crippen molar-refractivity contribution in [3.05, 3.63) is 35.9 Å². The Labute approximate surface area is 221 Å². The largest absolute Gasteiger partial charge is 0.460 e. The van der Waals surface area contributed by atoms with Gasteiger partial charge in [-0.2, -0.15) is 0 Å². The molecule has 0 fully saturated rings. The van der Waals surface area contributed by atoms with E-state index in [1.807, 2.05) is 30.3 Å². The summed E-state index contributed by atoms with van der Waals surface area (Å²) < 4.78 is 22.0. The van der Waals surface area contributed by atoms with Gasteiger partial charge in [0, 0.05) is 6.61 Å². The Balaban J connectivity index is 3.05. The molecule has 1 aromatic carbocycles. The van der Waals surface area contributed by atoms with E-state index < -0.39 is 52.9 Å². The van der Waals surface area contributed by atoms with Crippen molar-refractivity contribution >= 4 is 18.0 Å². The summed E-state index contributed by atoms with van der Waals surface area (Å²) in [6, 6.07) is 8.31. The number of benzene rings is 1. The molecule has 37 heavy (non-hydrogen) atoms. The fourth-order valence-electron chi connectivity index (χ4n) is 3.25. The van der Waals surface area contributed by atoms with Gasteiger partial charge < -0.3 is 29.4 Å². The maximum absolute atomic E-state index is 13.1. The summed E-state index contributed by atoms with van der Waals surface area (Å²) in [7, 11) is 0. The van der Waals surface area contributed by atoms with Crippen LogP contribution in [0.3, 0.4) is 0 Å². The minimum Gasteiger partial charge on any atom is -0.460 e. The van der Waals surface area contributed by atoms with Gasteiger partial charge in [0.05, 0.1) is 18.6 Å². The Kier molecular flexibility index (Phi) is 12.0. The van der Waals surface area contributed by atoms with Gasteiger partial charge in [0.25, 0.3) is 0 Å². The van der Waals surface area contributed by atoms with Crippen molar-refractivity contribution in [3.8, 4) is 0 Å². The number of esters is 2. The third-order valence-electron chi connectivity index (χ3n) is 4.72. The minimum absolute atomic E-state index is 0.115. The number of hydrogen-bond acceptors (Lipinski definition) is 8. The van der Waals surface area contributed by atoms with Gasteiger partial charge in [0.15, 0.2) is 0 Å². The van der Waals surface area contributed by atoms with Gasteiger partial charge in [0.1, 0.15) is 22.8 Å². The fourth-order valence-corrected chi connectivity index (χ4v) is 3.25. The summed E-state index contributed by atoms with van der Waals surface area (Å²) in [4.78, 5) is 38.6. The quantitative estimate of drug-likeness (QED) is 0.246. The molecule has 0 aliphatic heterocycles. The third-order valence-corrected chi connectivity index (χ3v) is 4.72. The van der Waals surface area contributed by atoms with Crippen molar-refractivity contribution in [1.29, 1.82) is 0 Å². The number of alkyl carbamates (subject to hydrolysis) is 1. The maximum atomic E-state index is 13.1. The van der Waals surface area contributed by atoms with E-state index >= 15 is 0 Å². The molecular weight excluding hydrogens is 478 g/mol. The number of carbonyl (C=O) groups is 3. The molecule has 2 N–H and O–H groups in total. The van der Waals surface area contributed by atoms with Crippen LogP contribution in [0.1, 0.15) is 80.7 Å². The second kappa shape index (κ2) is 13.8. The van der Waals surface area contributed by atoms with Crippen molar-refractivity contribution in [3.63, 3.8) is 0 Å². The summed E-state index contributed by atoms with van der Waals surface area (Å²) in [5, 5.41) is 13.5. The third kappa shape index (κ3) is 14.6. The highest BCUT2D eigenvalue weighted by molar-refractivity contribution is 5.83. The normalized spacial score (nSPS) is 14.8. The van der Waals surface area contributed by atoms with Crippen LogP contribution in [0.25, 0.3) is 0 Å². The zero-order chi connectivity index (χ0) is 28.4. The number of carbonyl (C=O) groups excluding carboxylic acids is 3. The lowest BCUT2D eigenvalue weighted by molar-refractivity contribution is -0.167. The van der Waals surface area contributed by atoms with Crippen molar-refractivity contribution in [2.24, 2.45) is 5.92 Å². The molecule has 0 saturated carbocycles. The molecule has 1 rings (SSSR count). The molecule has 0 aliphatic carbocycles. The number of nitrogens with one attached hydrogen (secondary N) is 1. The van der Waals surface area contributed by atoms with E-state index in [0.29, 0.717) is 6.61 Å². The van der Waals surface area contributed by atoms with Gasteiger partial charge in [-0.25, -0.2) is 9.59 Å². The van der Waals surface area contributed by atoms with Gasteiger partial charge in [-0.1, -0.05) is 30.3 Å². The van der Waals surface area contributed by atoms with Crippen LogP contribution in [0.2, 0.25) is 0 Å². The Morgan fingerprint density at radius 1 is 0.811 bits per heavy atom. The van der Waals surface area contributed by atoms with Gasteiger partial charge in [0.2, 0.25) is 0 Å². The van der Waals surface area contributed by atoms with Crippen LogP contribution in [0, 0.1) is 5.92 Å². The molecule has 2 unspecified atom stereocenters. The average Bonchev–Trinajstić information content (AvgIpc) is 2.70. The molecule has 1 amide bonds. The minimum atomic E-state index is -1.26. The predicted molar refractivity (Wildman–Crippen MR) is 140 cm³/mol. The van der Waals surface area contributed by atoms with Crippen LogP contribution in [-0.4, -0.2) is 58.7 Å². The number of hydrogen-bond donors (Lipinski definition) is 2. The average molecular weight is 524 g/mol. The summed E-state index contributed by atoms with van der Waals surface area (Å²) in [6.07, 6.45) is -2.17. The van der Waals surface area contributed by atoms with Gasteiger partial charge in [-0.15, -0.1) is 0 Å². The maximum Gasteiger partial charge on any atom is 0.408 e. The molecular formula is C28H45NO8. The Bertz CT molecular complexity index is 865. The highest BCUT2D eigenvalue weighted by Crippen LogP contribution is 2.23. The van der Waals surface area contributed by atoms with Crippen molar-refractivity contribution in [2.45, 2.75) is 111 Å². The van der Waals surface area contributed by atoms with Crippen LogP contribution in [0.4, 0.5) is 4.79 Å². The van der Waals surface area contributed by atoms with E-state index in [0.717, 1.165) is 5.56 Å². The van der Waals surface area contributed by atoms with Crippen molar-refractivity contribution < 1.29 is 38.4 Å². The highest BCUT2D eigenvalue weighted by Gasteiger charge is 2.38. The van der Waals surface area contributed by atoms with E-state index in [2.05, 4.69) is 5.32 Å². The first-order valence-electron chi connectivity index (χ1n) is 12.6. The molecule has 0 heterocycles. The Hall–Kier alpha value is -2.65. The first kappa shape index (κ1) is 32.4. The molecule has 210 valence electrons. The first-order valence-corrected chi connectivity index (χ1v) is 12.6. The molecule has 0 bridgehead atoms. The second-order valence-electron chi connectivity index (χ2n) is 12.0.